The quantitative estimate of drug-likeness (QED) is 0.491. The molecule has 0 saturated carbocycles. The van der Waals surface area contributed by atoms with Gasteiger partial charge in [0.1, 0.15) is 11.7 Å². The van der Waals surface area contributed by atoms with Crippen LogP contribution in [0.2, 0.25) is 0 Å². The van der Waals surface area contributed by atoms with Gasteiger partial charge in [-0.3, -0.25) is 9.59 Å². The van der Waals surface area contributed by atoms with Gasteiger partial charge in [0, 0.05) is 33.3 Å². The molecule has 7 nitrogen and oxygen atoms in total. The number of hydrogen-bond acceptors (Lipinski definition) is 8. The van der Waals surface area contributed by atoms with Crippen molar-refractivity contribution in [1.82, 2.24) is 5.32 Å². The maximum Gasteiger partial charge on any atom is 0.336 e. The normalized spacial score (nSPS) is 22.1. The van der Waals surface area contributed by atoms with Crippen LogP contribution in [0.15, 0.2) is 64.3 Å². The lowest BCUT2D eigenvalue weighted by atomic mass is 9.68. The number of hydrogen-bond donors (Lipinski definition) is 1. The van der Waals surface area contributed by atoms with Gasteiger partial charge >= 0.3 is 11.9 Å². The Hall–Kier alpha value is -3.39. The van der Waals surface area contributed by atoms with E-state index in [2.05, 4.69) is 5.32 Å². The molecule has 0 unspecified atom stereocenters. The molecular weight excluding hydrogens is 454 g/mol. The predicted octanol–water partition coefficient (Wildman–Crippen LogP) is 4.08. The van der Waals surface area contributed by atoms with Gasteiger partial charge in [-0.05, 0) is 37.8 Å². The average molecular weight is 482 g/mol. The van der Waals surface area contributed by atoms with Gasteiger partial charge in [0.05, 0.1) is 32.3 Å². The molecule has 1 aliphatic heterocycles. The number of thiophene rings is 1. The van der Waals surface area contributed by atoms with E-state index in [-0.39, 0.29) is 11.7 Å². The first-order valence-corrected chi connectivity index (χ1v) is 12.0. The smallest absolute Gasteiger partial charge is 0.336 e. The van der Waals surface area contributed by atoms with Crippen LogP contribution in [0.5, 0.6) is 5.75 Å². The molecule has 0 spiro atoms. The molecule has 1 aliphatic carbocycles. The first-order valence-electron chi connectivity index (χ1n) is 11.1. The van der Waals surface area contributed by atoms with E-state index in [9.17, 15) is 14.4 Å². The van der Waals surface area contributed by atoms with E-state index in [0.29, 0.717) is 46.9 Å². The average Bonchev–Trinajstić information content (AvgIpc) is 3.38. The molecule has 3 atom stereocenters. The third kappa shape index (κ3) is 4.03. The van der Waals surface area contributed by atoms with Crippen LogP contribution in [-0.2, 0) is 23.9 Å². The second-order valence-electron chi connectivity index (χ2n) is 8.14. The topological polar surface area (TPSA) is 90.9 Å². The molecular formula is C26H27NO6S. The highest BCUT2D eigenvalue weighted by atomic mass is 32.1. The zero-order valence-corrected chi connectivity index (χ0v) is 20.4. The minimum absolute atomic E-state index is 0.319. The first kappa shape index (κ1) is 23.8. The minimum atomic E-state index is -1.01. The summed E-state index contributed by atoms with van der Waals surface area (Å²) in [4.78, 5) is 40.9. The zero-order valence-electron chi connectivity index (χ0n) is 19.5. The van der Waals surface area contributed by atoms with E-state index in [1.165, 1.54) is 25.6 Å². The second kappa shape index (κ2) is 9.85. The van der Waals surface area contributed by atoms with Gasteiger partial charge in [-0.25, -0.2) is 4.79 Å². The van der Waals surface area contributed by atoms with Crippen LogP contribution in [0.3, 0.4) is 0 Å². The molecule has 4 rings (SSSR count). The van der Waals surface area contributed by atoms with Crippen LogP contribution in [0.4, 0.5) is 0 Å². The van der Waals surface area contributed by atoms with Crippen LogP contribution in [0.1, 0.15) is 42.5 Å². The molecule has 1 aromatic carbocycles. The van der Waals surface area contributed by atoms with Crippen LogP contribution < -0.4 is 10.1 Å². The summed E-state index contributed by atoms with van der Waals surface area (Å²) in [5, 5.41) is 5.21. The molecule has 2 heterocycles. The molecule has 2 aliphatic rings. The third-order valence-corrected chi connectivity index (χ3v) is 7.32. The maximum atomic E-state index is 14.1. The van der Waals surface area contributed by atoms with Crippen molar-refractivity contribution in [2.24, 2.45) is 5.92 Å². The van der Waals surface area contributed by atoms with Crippen molar-refractivity contribution < 1.29 is 28.6 Å². The molecule has 0 fully saturated rings. The van der Waals surface area contributed by atoms with Crippen molar-refractivity contribution in [3.8, 4) is 5.75 Å². The molecule has 0 amide bonds. The lowest BCUT2D eigenvalue weighted by Crippen LogP contribution is -2.43. The van der Waals surface area contributed by atoms with Crippen molar-refractivity contribution in [1.29, 1.82) is 0 Å². The van der Waals surface area contributed by atoms with Gasteiger partial charge in [-0.2, -0.15) is 0 Å². The molecule has 0 saturated heterocycles. The van der Waals surface area contributed by atoms with Crippen LogP contribution in [-0.4, -0.2) is 38.5 Å². The minimum Gasteiger partial charge on any atom is -0.494 e. The molecule has 1 N–H and O–H groups in total. The number of nitrogens with one attached hydrogen (secondary N) is 1. The highest BCUT2D eigenvalue weighted by molar-refractivity contribution is 7.10. The number of para-hydroxylation sites is 1. The Kier molecular flexibility index (Phi) is 6.88. The number of carbonyl (C=O) groups excluding carboxylic acids is 3. The maximum absolute atomic E-state index is 14.1. The summed E-state index contributed by atoms with van der Waals surface area (Å²) in [5.41, 5.74) is 2.67. The van der Waals surface area contributed by atoms with Crippen molar-refractivity contribution in [2.45, 2.75) is 32.1 Å². The summed E-state index contributed by atoms with van der Waals surface area (Å²) < 4.78 is 16.0. The lowest BCUT2D eigenvalue weighted by Gasteiger charge is -2.39. The van der Waals surface area contributed by atoms with Gasteiger partial charge in [0.15, 0.2) is 5.78 Å². The number of esters is 2. The molecule has 178 valence electrons. The summed E-state index contributed by atoms with van der Waals surface area (Å²) in [6.07, 6.45) is 0.431. The number of methoxy groups -OCH3 is 2. The molecule has 8 heteroatoms. The first-order chi connectivity index (χ1) is 16.4. The summed E-state index contributed by atoms with van der Waals surface area (Å²) in [7, 11) is 2.60. The van der Waals surface area contributed by atoms with E-state index in [1.54, 1.807) is 6.92 Å². The van der Waals surface area contributed by atoms with E-state index < -0.39 is 23.8 Å². The summed E-state index contributed by atoms with van der Waals surface area (Å²) in [5.74, 6) is -3.03. The Labute approximate surface area is 202 Å². The fraction of sp³-hybridized carbons (Fsp3) is 0.346. The van der Waals surface area contributed by atoms with E-state index >= 15 is 0 Å². The highest BCUT2D eigenvalue weighted by Crippen LogP contribution is 2.50. The second-order valence-corrected chi connectivity index (χ2v) is 9.12. The number of carbonyl (C=O) groups is 3. The van der Waals surface area contributed by atoms with E-state index in [1.807, 2.05) is 48.7 Å². The van der Waals surface area contributed by atoms with Crippen molar-refractivity contribution in [2.75, 3.05) is 20.8 Å². The zero-order chi connectivity index (χ0) is 24.4. The van der Waals surface area contributed by atoms with Gasteiger partial charge < -0.3 is 19.5 Å². The Balaban J connectivity index is 1.94. The number of allylic oxidation sites excluding steroid dienone is 3. The Morgan fingerprint density at radius 2 is 1.88 bits per heavy atom. The standard InChI is InChI=1S/C26H27NO6S/c1-5-33-18-10-7-6-9-15(18)21-20(25(29)31-3)14(2)27-17-13-16(19-11-8-12-34-19)22(26(30)32-4)24(28)23(17)21/h6-12,16,21-22,27H,5,13H2,1-4H3/t16-,21-,22+/m1/s1. The number of ketones is 1. The van der Waals surface area contributed by atoms with Gasteiger partial charge in [-0.15, -0.1) is 11.3 Å². The van der Waals surface area contributed by atoms with Crippen molar-refractivity contribution in [3.63, 3.8) is 0 Å². The monoisotopic (exact) mass is 481 g/mol. The van der Waals surface area contributed by atoms with Crippen molar-refractivity contribution in [3.05, 3.63) is 74.8 Å². The fourth-order valence-corrected chi connectivity index (χ4v) is 5.76. The van der Waals surface area contributed by atoms with Gasteiger partial charge in [0.2, 0.25) is 0 Å². The summed E-state index contributed by atoms with van der Waals surface area (Å²) in [6, 6.07) is 11.2. The molecule has 34 heavy (non-hydrogen) atoms. The van der Waals surface area contributed by atoms with Gasteiger partial charge in [-0.1, -0.05) is 24.3 Å². The largest absolute Gasteiger partial charge is 0.494 e. The third-order valence-electron chi connectivity index (χ3n) is 6.32. The molecule has 0 radical (unpaired) electrons. The Morgan fingerprint density at radius 1 is 1.12 bits per heavy atom. The Morgan fingerprint density at radius 3 is 2.53 bits per heavy atom. The van der Waals surface area contributed by atoms with Crippen molar-refractivity contribution >= 4 is 29.1 Å². The number of dihydropyridines is 1. The number of benzene rings is 1. The van der Waals surface area contributed by atoms with Crippen LogP contribution in [0.25, 0.3) is 0 Å². The SMILES string of the molecule is CCOc1ccccc1[C@@H]1C(C(=O)OC)=C(C)NC2=C1C(=O)[C@@H](C(=O)OC)[C@@H](c1cccs1)C2. The molecule has 1 aromatic heterocycles. The summed E-state index contributed by atoms with van der Waals surface area (Å²) >= 11 is 1.50. The van der Waals surface area contributed by atoms with Gasteiger partial charge in [0.25, 0.3) is 0 Å². The molecule has 0 bridgehead atoms. The number of Topliss-reactive ketones (excluding diaryl/α,β-unsaturated/α-hetero) is 1. The fourth-order valence-electron chi connectivity index (χ4n) is 4.90. The molecule has 2 aromatic rings. The van der Waals surface area contributed by atoms with E-state index in [0.717, 1.165) is 4.88 Å². The number of rotatable bonds is 6. The van der Waals surface area contributed by atoms with Crippen LogP contribution in [0, 0.1) is 5.92 Å². The highest BCUT2D eigenvalue weighted by Gasteiger charge is 2.49. The summed E-state index contributed by atoms with van der Waals surface area (Å²) in [6.45, 7) is 4.09. The number of ether oxygens (including phenoxy) is 3. The van der Waals surface area contributed by atoms with Crippen LogP contribution >= 0.6 is 11.3 Å². The Bertz CT molecular complexity index is 1180. The predicted molar refractivity (Wildman–Crippen MR) is 127 cm³/mol. The van der Waals surface area contributed by atoms with E-state index in [4.69, 9.17) is 14.2 Å². The lowest BCUT2D eigenvalue weighted by molar-refractivity contribution is -0.149.